The monoisotopic (exact) mass is 649 g/mol. The average molecular weight is 651 g/mol. The van der Waals surface area contributed by atoms with Gasteiger partial charge in [0.05, 0.1) is 15.1 Å². The van der Waals surface area contributed by atoms with E-state index in [0.717, 1.165) is 21.4 Å². The van der Waals surface area contributed by atoms with Crippen LogP contribution < -0.4 is 14.8 Å². The summed E-state index contributed by atoms with van der Waals surface area (Å²) >= 11 is 10.3. The predicted molar refractivity (Wildman–Crippen MR) is 164 cm³/mol. The lowest BCUT2D eigenvalue weighted by atomic mass is 10.1. The number of hydrogen-bond acceptors (Lipinski definition) is 5. The molecule has 5 nitrogen and oxygen atoms in total. The number of ketones is 1. The normalized spacial score (nSPS) is 12.8. The molecule has 0 aliphatic rings. The zero-order valence-corrected chi connectivity index (χ0v) is 25.0. The van der Waals surface area contributed by atoms with Crippen molar-refractivity contribution in [1.82, 2.24) is 4.57 Å². The first kappa shape index (κ1) is 28.0. The van der Waals surface area contributed by atoms with Crippen LogP contribution in [0, 0.1) is 6.92 Å². The maximum atomic E-state index is 14.2. The number of halogens is 2. The number of hydrogen-bond donors (Lipinski definition) is 0. The molecule has 0 N–H and O–H groups in total. The molecule has 0 bridgehead atoms. The van der Waals surface area contributed by atoms with Crippen molar-refractivity contribution in [3.63, 3.8) is 0 Å². The van der Waals surface area contributed by atoms with Crippen molar-refractivity contribution in [2.45, 2.75) is 11.8 Å². The third-order valence-corrected chi connectivity index (χ3v) is 9.92. The quantitative estimate of drug-likeness (QED) is 0.214. The van der Waals surface area contributed by atoms with Crippen LogP contribution in [0.4, 0.5) is 0 Å². The van der Waals surface area contributed by atoms with Crippen molar-refractivity contribution >= 4 is 65.5 Å². The van der Waals surface area contributed by atoms with E-state index >= 15 is 0 Å². The summed E-state index contributed by atoms with van der Waals surface area (Å²) in [5, 5.41) is 0.547. The average Bonchev–Trinajstić information content (AvgIpc) is 3.25. The van der Waals surface area contributed by atoms with E-state index in [1.54, 1.807) is 97.1 Å². The molecule has 0 fully saturated rings. The molecular formula is C31H21BrClNO4S2. The summed E-state index contributed by atoms with van der Waals surface area (Å²) in [7, 11) is -4.37. The van der Waals surface area contributed by atoms with Gasteiger partial charge in [-0.25, -0.2) is 8.42 Å². The lowest BCUT2D eigenvalue weighted by Crippen LogP contribution is -2.33. The molecule has 200 valence electrons. The van der Waals surface area contributed by atoms with Crippen LogP contribution in [0.15, 0.2) is 117 Å². The number of sulfone groups is 1. The van der Waals surface area contributed by atoms with Crippen LogP contribution in [-0.4, -0.2) is 18.8 Å². The van der Waals surface area contributed by atoms with Crippen LogP contribution >= 0.6 is 38.9 Å². The molecule has 0 saturated carbocycles. The van der Waals surface area contributed by atoms with Gasteiger partial charge < -0.3 is 0 Å². The lowest BCUT2D eigenvalue weighted by molar-refractivity contribution is 0.105. The van der Waals surface area contributed by atoms with Gasteiger partial charge in [0, 0.05) is 15.1 Å². The summed E-state index contributed by atoms with van der Waals surface area (Å²) < 4.78 is 30.8. The van der Waals surface area contributed by atoms with E-state index in [1.165, 1.54) is 16.7 Å². The molecule has 40 heavy (non-hydrogen) atoms. The molecule has 0 unspecified atom stereocenters. The molecule has 5 aromatic rings. The second-order valence-electron chi connectivity index (χ2n) is 8.93. The van der Waals surface area contributed by atoms with E-state index < -0.39 is 26.1 Å². The fourth-order valence-electron chi connectivity index (χ4n) is 4.06. The van der Waals surface area contributed by atoms with Crippen LogP contribution in [-0.2, 0) is 9.84 Å². The molecule has 0 atom stereocenters. The minimum Gasteiger partial charge on any atom is -0.288 e. The molecule has 0 amide bonds. The maximum Gasteiger partial charge on any atom is 0.273 e. The summed E-state index contributed by atoms with van der Waals surface area (Å²) in [5.74, 6) is -0.711. The van der Waals surface area contributed by atoms with E-state index in [2.05, 4.69) is 15.9 Å². The van der Waals surface area contributed by atoms with Crippen molar-refractivity contribution in [3.05, 3.63) is 149 Å². The maximum absolute atomic E-state index is 14.2. The van der Waals surface area contributed by atoms with Gasteiger partial charge in [-0.2, -0.15) is 0 Å². The van der Waals surface area contributed by atoms with Gasteiger partial charge in [0.25, 0.3) is 5.56 Å². The molecule has 9 heteroatoms. The van der Waals surface area contributed by atoms with Gasteiger partial charge in [0.15, 0.2) is 4.91 Å². The second kappa shape index (κ2) is 11.5. The molecule has 0 aliphatic carbocycles. The first-order valence-corrected chi connectivity index (χ1v) is 15.5. The van der Waals surface area contributed by atoms with Crippen LogP contribution in [0.2, 0.25) is 5.02 Å². The fourth-order valence-corrected chi connectivity index (χ4v) is 7.36. The van der Waals surface area contributed by atoms with Gasteiger partial charge in [0.2, 0.25) is 15.6 Å². The number of rotatable bonds is 6. The smallest absolute Gasteiger partial charge is 0.273 e. The Balaban J connectivity index is 1.93. The Labute approximate surface area is 248 Å². The highest BCUT2D eigenvalue weighted by molar-refractivity contribution is 9.10. The third-order valence-electron chi connectivity index (χ3n) is 6.11. The van der Waals surface area contributed by atoms with Crippen LogP contribution in [0.5, 0.6) is 0 Å². The Kier molecular flexibility index (Phi) is 8.05. The van der Waals surface area contributed by atoms with Gasteiger partial charge in [-0.3, -0.25) is 14.2 Å². The Morgan fingerprint density at radius 2 is 1.50 bits per heavy atom. The first-order valence-electron chi connectivity index (χ1n) is 12.1. The van der Waals surface area contributed by atoms with E-state index in [9.17, 15) is 18.0 Å². The summed E-state index contributed by atoms with van der Waals surface area (Å²) in [6.45, 7) is 1.85. The number of carbonyl (C=O) groups excluding carboxylic acids is 1. The molecule has 1 aromatic heterocycles. The van der Waals surface area contributed by atoms with E-state index in [1.807, 2.05) is 6.92 Å². The minimum absolute atomic E-state index is 0.0184. The molecule has 0 aliphatic heterocycles. The van der Waals surface area contributed by atoms with Crippen LogP contribution in [0.3, 0.4) is 0 Å². The van der Waals surface area contributed by atoms with Crippen molar-refractivity contribution < 1.29 is 13.2 Å². The Bertz CT molecular complexity index is 2000. The molecule has 4 aromatic carbocycles. The Hall–Kier alpha value is -3.56. The van der Waals surface area contributed by atoms with Crippen molar-refractivity contribution in [2.24, 2.45) is 0 Å². The highest BCUT2D eigenvalue weighted by Crippen LogP contribution is 2.25. The van der Waals surface area contributed by atoms with Crippen molar-refractivity contribution in [1.29, 1.82) is 0 Å². The van der Waals surface area contributed by atoms with Crippen LogP contribution in [0.1, 0.15) is 21.5 Å². The number of aryl methyl sites for hydroxylation is 1. The Morgan fingerprint density at radius 3 is 2.12 bits per heavy atom. The molecule has 0 saturated heterocycles. The van der Waals surface area contributed by atoms with Gasteiger partial charge in [-0.15, -0.1) is 11.3 Å². The third kappa shape index (κ3) is 5.67. The number of aromatic nitrogens is 1. The standard InChI is InChI=1S/C31H21BrClNO4S2/c1-20-7-17-26(18-8-20)40(37,38)29(28(35)22-11-13-23(32)14-12-22)31-34(25-5-3-2-4-6-25)30(36)27(39-31)19-21-9-15-24(33)16-10-21/h2-19H,1H3. The summed E-state index contributed by atoms with van der Waals surface area (Å²) in [5.41, 5.74) is 1.75. The SMILES string of the molecule is Cc1ccc(S(=O)(=O)C(C(=O)c2ccc(Br)cc2)=c2sc(=Cc3ccc(Cl)cc3)c(=O)n2-c2ccccc2)cc1. The molecule has 0 radical (unpaired) electrons. The minimum atomic E-state index is -4.37. The van der Waals surface area contributed by atoms with E-state index in [4.69, 9.17) is 11.6 Å². The zero-order chi connectivity index (χ0) is 28.4. The number of carbonyl (C=O) groups is 1. The number of Topliss-reactive ketones (excluding diaryl/α,β-unsaturated/α-hetero) is 1. The van der Waals surface area contributed by atoms with E-state index in [0.29, 0.717) is 16.3 Å². The summed E-state index contributed by atoms with van der Waals surface area (Å²) in [6.07, 6.45) is 1.66. The Morgan fingerprint density at radius 1 is 0.875 bits per heavy atom. The topological polar surface area (TPSA) is 73.2 Å². The van der Waals surface area contributed by atoms with Gasteiger partial charge in [-0.1, -0.05) is 75.6 Å². The molecule has 5 rings (SSSR count). The summed E-state index contributed by atoms with van der Waals surface area (Å²) in [6, 6.07) is 28.3. The number of para-hydroxylation sites is 1. The number of benzene rings is 4. The van der Waals surface area contributed by atoms with Gasteiger partial charge in [-0.05, 0) is 79.2 Å². The van der Waals surface area contributed by atoms with Gasteiger partial charge in [0.1, 0.15) is 4.66 Å². The van der Waals surface area contributed by atoms with Crippen LogP contribution in [0.25, 0.3) is 16.7 Å². The predicted octanol–water partition coefficient (Wildman–Crippen LogP) is 5.92. The number of nitrogens with zero attached hydrogens (tertiary/aromatic N) is 1. The highest BCUT2D eigenvalue weighted by atomic mass is 79.9. The van der Waals surface area contributed by atoms with E-state index in [-0.39, 0.29) is 19.7 Å². The molecule has 1 heterocycles. The summed E-state index contributed by atoms with van der Waals surface area (Å²) in [4.78, 5) is 27.4. The zero-order valence-electron chi connectivity index (χ0n) is 21.0. The molecule has 0 spiro atoms. The largest absolute Gasteiger partial charge is 0.288 e. The molecular weight excluding hydrogens is 630 g/mol. The van der Waals surface area contributed by atoms with Crippen molar-refractivity contribution in [2.75, 3.05) is 0 Å². The van der Waals surface area contributed by atoms with Gasteiger partial charge >= 0.3 is 0 Å². The highest BCUT2D eigenvalue weighted by Gasteiger charge is 2.31. The lowest BCUT2D eigenvalue weighted by Gasteiger charge is -2.11. The fraction of sp³-hybridized carbons (Fsp3) is 0.0323. The number of thiazole rings is 1. The second-order valence-corrected chi connectivity index (χ2v) is 13.2. The van der Waals surface area contributed by atoms with Crippen molar-refractivity contribution in [3.8, 4) is 5.69 Å². The first-order chi connectivity index (χ1) is 19.1.